The number of nitrogens with zero attached hydrogens (tertiary/aromatic N) is 2. The molecule has 19 heavy (non-hydrogen) atoms. The van der Waals surface area contributed by atoms with Crippen LogP contribution >= 0.6 is 47.3 Å². The first-order valence-corrected chi connectivity index (χ1v) is 7.27. The van der Waals surface area contributed by atoms with Crippen LogP contribution in [-0.2, 0) is 6.54 Å². The summed E-state index contributed by atoms with van der Waals surface area (Å²) < 4.78 is 13.5. The van der Waals surface area contributed by atoms with Crippen LogP contribution in [0.2, 0.25) is 5.02 Å². The first kappa shape index (κ1) is 16.8. The molecule has 3 nitrogen and oxygen atoms in total. The smallest absolute Gasteiger partial charge is 0.191 e. The average Bonchev–Trinajstić information content (AvgIpc) is 2.39. The minimum absolute atomic E-state index is 0. The first-order valence-electron chi connectivity index (χ1n) is 5.74. The first-order chi connectivity index (χ1) is 8.68. The molecule has 0 aromatic heterocycles. The lowest BCUT2D eigenvalue weighted by atomic mass is 10.2. The molecule has 1 aliphatic rings. The van der Waals surface area contributed by atoms with Gasteiger partial charge in [-0.25, -0.2) is 9.38 Å². The zero-order chi connectivity index (χ0) is 13.0. The Morgan fingerprint density at radius 1 is 1.42 bits per heavy atom. The zero-order valence-electron chi connectivity index (χ0n) is 10.3. The molecule has 0 aliphatic carbocycles. The van der Waals surface area contributed by atoms with Crippen LogP contribution in [0.25, 0.3) is 0 Å². The maximum atomic E-state index is 13.5. The van der Waals surface area contributed by atoms with Crippen molar-refractivity contribution in [1.29, 1.82) is 0 Å². The van der Waals surface area contributed by atoms with E-state index in [1.807, 2.05) is 16.7 Å². The van der Waals surface area contributed by atoms with E-state index in [-0.39, 0.29) is 36.3 Å². The molecule has 1 fully saturated rings. The van der Waals surface area contributed by atoms with E-state index in [1.54, 1.807) is 12.1 Å². The lowest BCUT2D eigenvalue weighted by Gasteiger charge is -2.27. The molecule has 1 aliphatic heterocycles. The number of thioether (sulfide) groups is 1. The van der Waals surface area contributed by atoms with Crippen LogP contribution in [0.5, 0.6) is 0 Å². The van der Waals surface area contributed by atoms with E-state index in [2.05, 4.69) is 4.99 Å². The molecule has 0 bridgehead atoms. The zero-order valence-corrected chi connectivity index (χ0v) is 14.2. The van der Waals surface area contributed by atoms with Crippen LogP contribution in [0.3, 0.4) is 0 Å². The van der Waals surface area contributed by atoms with E-state index in [4.69, 9.17) is 17.3 Å². The van der Waals surface area contributed by atoms with Crippen LogP contribution in [0, 0.1) is 5.82 Å². The predicted molar refractivity (Wildman–Crippen MR) is 91.0 cm³/mol. The van der Waals surface area contributed by atoms with Crippen molar-refractivity contribution in [2.75, 3.05) is 24.6 Å². The van der Waals surface area contributed by atoms with Gasteiger partial charge in [0.25, 0.3) is 0 Å². The third kappa shape index (κ3) is 4.68. The normalized spacial score (nSPS) is 16.1. The van der Waals surface area contributed by atoms with E-state index in [9.17, 15) is 4.39 Å². The van der Waals surface area contributed by atoms with Gasteiger partial charge in [0.05, 0.1) is 6.54 Å². The Kier molecular flexibility index (Phi) is 7.23. The maximum absolute atomic E-state index is 13.5. The molecule has 1 aromatic carbocycles. The number of hydrogen-bond donors (Lipinski definition) is 1. The molecule has 1 aromatic rings. The third-order valence-corrected chi connectivity index (χ3v) is 4.09. The van der Waals surface area contributed by atoms with Gasteiger partial charge in [0, 0.05) is 35.2 Å². The molecular formula is C12H16ClFIN3S. The minimum atomic E-state index is -0.340. The summed E-state index contributed by atoms with van der Waals surface area (Å²) in [4.78, 5) is 6.25. The lowest BCUT2D eigenvalue weighted by molar-refractivity contribution is 0.455. The number of benzene rings is 1. The molecule has 0 saturated carbocycles. The van der Waals surface area contributed by atoms with Gasteiger partial charge >= 0.3 is 0 Å². The molecule has 1 heterocycles. The Morgan fingerprint density at radius 3 is 2.74 bits per heavy atom. The monoisotopic (exact) mass is 415 g/mol. The second-order valence-electron chi connectivity index (χ2n) is 3.97. The molecular weight excluding hydrogens is 400 g/mol. The van der Waals surface area contributed by atoms with Gasteiger partial charge in [0.2, 0.25) is 0 Å². The topological polar surface area (TPSA) is 41.6 Å². The van der Waals surface area contributed by atoms with Gasteiger partial charge in [-0.2, -0.15) is 11.8 Å². The fourth-order valence-corrected chi connectivity index (χ4v) is 2.86. The number of halogens is 3. The van der Waals surface area contributed by atoms with Gasteiger partial charge in [0.15, 0.2) is 5.96 Å². The average molecular weight is 416 g/mol. The number of guanidine groups is 1. The standard InChI is InChI=1S/C12H15ClFN3S.HI/c13-10-2-1-3-11(14)9(10)8-16-12(15)17-4-6-18-7-5-17;/h1-3H,4-8H2,(H2,15,16);1H. The quantitative estimate of drug-likeness (QED) is 0.459. The lowest BCUT2D eigenvalue weighted by Crippen LogP contribution is -2.42. The van der Waals surface area contributed by atoms with Crippen molar-refractivity contribution in [2.45, 2.75) is 6.54 Å². The summed E-state index contributed by atoms with van der Waals surface area (Å²) in [7, 11) is 0. The second kappa shape index (κ2) is 8.16. The Hall–Kier alpha value is -0.210. The predicted octanol–water partition coefficient (Wildman–Crippen LogP) is 2.96. The van der Waals surface area contributed by atoms with Gasteiger partial charge in [-0.3, -0.25) is 0 Å². The van der Waals surface area contributed by atoms with Gasteiger partial charge in [-0.15, -0.1) is 24.0 Å². The fourth-order valence-electron chi connectivity index (χ4n) is 1.74. The molecule has 0 amide bonds. The summed E-state index contributed by atoms with van der Waals surface area (Å²) >= 11 is 7.83. The molecule has 2 rings (SSSR count). The minimum Gasteiger partial charge on any atom is -0.370 e. The van der Waals surface area contributed by atoms with Gasteiger partial charge in [-0.05, 0) is 12.1 Å². The molecule has 0 radical (unpaired) electrons. The molecule has 0 unspecified atom stereocenters. The van der Waals surface area contributed by atoms with Crippen molar-refractivity contribution in [1.82, 2.24) is 4.90 Å². The Morgan fingerprint density at radius 2 is 2.11 bits per heavy atom. The van der Waals surface area contributed by atoms with Crippen molar-refractivity contribution in [3.63, 3.8) is 0 Å². The van der Waals surface area contributed by atoms with Gasteiger partial charge < -0.3 is 10.6 Å². The maximum Gasteiger partial charge on any atom is 0.191 e. The molecule has 106 valence electrons. The summed E-state index contributed by atoms with van der Waals surface area (Å²) in [6.45, 7) is 1.97. The van der Waals surface area contributed by atoms with Gasteiger partial charge in [-0.1, -0.05) is 17.7 Å². The molecule has 1 saturated heterocycles. The molecule has 0 atom stereocenters. The Balaban J connectivity index is 0.00000180. The highest BCUT2D eigenvalue weighted by Gasteiger charge is 2.13. The van der Waals surface area contributed by atoms with Crippen molar-refractivity contribution < 1.29 is 4.39 Å². The number of aliphatic imine (C=N–C) groups is 1. The highest BCUT2D eigenvalue weighted by atomic mass is 127. The summed E-state index contributed by atoms with van der Waals surface area (Å²) in [6, 6.07) is 4.61. The van der Waals surface area contributed by atoms with Crippen LogP contribution in [-0.4, -0.2) is 35.5 Å². The number of rotatable bonds is 2. The fraction of sp³-hybridized carbons (Fsp3) is 0.417. The highest BCUT2D eigenvalue weighted by molar-refractivity contribution is 14.0. The SMILES string of the molecule is I.NC(=NCc1c(F)cccc1Cl)N1CCSCC1. The Labute approximate surface area is 138 Å². The second-order valence-corrected chi connectivity index (χ2v) is 5.61. The van der Waals surface area contributed by atoms with E-state index in [0.717, 1.165) is 24.6 Å². The van der Waals surface area contributed by atoms with Gasteiger partial charge in [0.1, 0.15) is 5.82 Å². The summed E-state index contributed by atoms with van der Waals surface area (Å²) in [6.07, 6.45) is 0. The van der Waals surface area contributed by atoms with Crippen molar-refractivity contribution in [3.05, 3.63) is 34.6 Å². The third-order valence-electron chi connectivity index (χ3n) is 2.80. The van der Waals surface area contributed by atoms with Crippen LogP contribution < -0.4 is 5.73 Å². The van der Waals surface area contributed by atoms with Crippen molar-refractivity contribution in [3.8, 4) is 0 Å². The number of nitrogens with two attached hydrogens (primary N) is 1. The summed E-state index contributed by atoms with van der Waals surface area (Å²) in [5, 5.41) is 0.390. The van der Waals surface area contributed by atoms with Crippen molar-refractivity contribution in [2.24, 2.45) is 10.7 Å². The van der Waals surface area contributed by atoms with Crippen molar-refractivity contribution >= 4 is 53.3 Å². The van der Waals surface area contributed by atoms with E-state index >= 15 is 0 Å². The molecule has 7 heteroatoms. The summed E-state index contributed by atoms with van der Waals surface area (Å²) in [5.41, 5.74) is 6.29. The summed E-state index contributed by atoms with van der Waals surface area (Å²) in [5.74, 6) is 2.23. The Bertz CT molecular complexity index is 432. The molecule has 0 spiro atoms. The van der Waals surface area contributed by atoms with Crippen LogP contribution in [0.4, 0.5) is 4.39 Å². The van der Waals surface area contributed by atoms with E-state index in [1.165, 1.54) is 6.07 Å². The van der Waals surface area contributed by atoms with E-state index < -0.39 is 0 Å². The largest absolute Gasteiger partial charge is 0.370 e. The van der Waals surface area contributed by atoms with Crippen LogP contribution in [0.15, 0.2) is 23.2 Å². The molecule has 2 N–H and O–H groups in total. The van der Waals surface area contributed by atoms with E-state index in [0.29, 0.717) is 16.5 Å². The van der Waals surface area contributed by atoms with Crippen LogP contribution in [0.1, 0.15) is 5.56 Å². The highest BCUT2D eigenvalue weighted by Crippen LogP contribution is 2.19. The number of hydrogen-bond acceptors (Lipinski definition) is 2.